The van der Waals surface area contributed by atoms with Crippen LogP contribution in [0.5, 0.6) is 0 Å². The van der Waals surface area contributed by atoms with Crippen molar-refractivity contribution in [2.24, 2.45) is 0 Å². The van der Waals surface area contributed by atoms with Crippen molar-refractivity contribution in [1.29, 1.82) is 0 Å². The highest BCUT2D eigenvalue weighted by Gasteiger charge is 2.30. The first-order valence-corrected chi connectivity index (χ1v) is 4.94. The summed E-state index contributed by atoms with van der Waals surface area (Å²) in [6.07, 6.45) is -3.83. The van der Waals surface area contributed by atoms with E-state index in [2.05, 4.69) is 5.32 Å². The number of benzene rings is 1. The zero-order valence-electron chi connectivity index (χ0n) is 8.88. The number of halogens is 3. The first-order chi connectivity index (χ1) is 7.49. The molecule has 2 nitrogen and oxygen atoms in total. The molecule has 90 valence electrons. The second kappa shape index (κ2) is 5.32. The summed E-state index contributed by atoms with van der Waals surface area (Å²) in [6.45, 7) is -0.00741. The number of aliphatic hydroxyl groups is 1. The molecule has 1 unspecified atom stereocenters. The molecule has 0 bridgehead atoms. The van der Waals surface area contributed by atoms with Crippen molar-refractivity contribution in [3.8, 4) is 0 Å². The summed E-state index contributed by atoms with van der Waals surface area (Å²) in [4.78, 5) is 0. The molecule has 1 atom stereocenters. The van der Waals surface area contributed by atoms with Gasteiger partial charge in [-0.3, -0.25) is 0 Å². The van der Waals surface area contributed by atoms with Crippen molar-refractivity contribution in [3.63, 3.8) is 0 Å². The van der Waals surface area contributed by atoms with Gasteiger partial charge in [0.1, 0.15) is 0 Å². The fourth-order valence-corrected chi connectivity index (χ4v) is 1.51. The van der Waals surface area contributed by atoms with Gasteiger partial charge in [-0.25, -0.2) is 0 Å². The molecule has 0 saturated heterocycles. The zero-order valence-corrected chi connectivity index (χ0v) is 8.88. The molecule has 0 spiro atoms. The predicted molar refractivity (Wildman–Crippen MR) is 54.9 cm³/mol. The third kappa shape index (κ3) is 3.21. The Hall–Kier alpha value is -1.07. The van der Waals surface area contributed by atoms with E-state index < -0.39 is 11.7 Å². The van der Waals surface area contributed by atoms with Crippen molar-refractivity contribution in [2.45, 2.75) is 18.6 Å². The van der Waals surface area contributed by atoms with E-state index in [1.807, 2.05) is 0 Å². The quantitative estimate of drug-likeness (QED) is 0.836. The molecule has 2 N–H and O–H groups in total. The molecular weight excluding hydrogens is 219 g/mol. The molecule has 0 fully saturated rings. The summed E-state index contributed by atoms with van der Waals surface area (Å²) in [6, 6.07) is 4.85. The Morgan fingerprint density at radius 3 is 2.19 bits per heavy atom. The summed E-state index contributed by atoms with van der Waals surface area (Å²) < 4.78 is 36.9. The van der Waals surface area contributed by atoms with Crippen molar-refractivity contribution < 1.29 is 18.3 Å². The second-order valence-corrected chi connectivity index (χ2v) is 3.47. The lowest BCUT2D eigenvalue weighted by Gasteiger charge is -2.16. The molecule has 0 amide bonds. The molecule has 0 heterocycles. The van der Waals surface area contributed by atoms with Crippen LogP contribution in [0.15, 0.2) is 24.3 Å². The minimum absolute atomic E-state index is 0.00741. The summed E-state index contributed by atoms with van der Waals surface area (Å²) in [5.74, 6) is 0. The average Bonchev–Trinajstić information content (AvgIpc) is 2.25. The standard InChI is InChI=1S/C11H14F3NO/c1-15-10(6-7-16)8-2-4-9(5-3-8)11(12,13)14/h2-5,10,15-16H,6-7H2,1H3. The first-order valence-electron chi connectivity index (χ1n) is 4.94. The highest BCUT2D eigenvalue weighted by atomic mass is 19.4. The van der Waals surface area contributed by atoms with Crippen LogP contribution in [-0.2, 0) is 6.18 Å². The van der Waals surface area contributed by atoms with Crippen LogP contribution < -0.4 is 5.32 Å². The van der Waals surface area contributed by atoms with E-state index in [1.54, 1.807) is 7.05 Å². The number of hydrogen-bond acceptors (Lipinski definition) is 2. The predicted octanol–water partition coefficient (Wildman–Crippen LogP) is 2.35. The van der Waals surface area contributed by atoms with Crippen LogP contribution in [-0.4, -0.2) is 18.8 Å². The molecule has 1 aromatic carbocycles. The average molecular weight is 233 g/mol. The third-order valence-corrected chi connectivity index (χ3v) is 2.41. The molecule has 1 aromatic rings. The molecule has 0 radical (unpaired) electrons. The minimum atomic E-state index is -4.30. The minimum Gasteiger partial charge on any atom is -0.396 e. The Balaban J connectivity index is 2.85. The third-order valence-electron chi connectivity index (χ3n) is 2.41. The van der Waals surface area contributed by atoms with Gasteiger partial charge < -0.3 is 10.4 Å². The lowest BCUT2D eigenvalue weighted by Crippen LogP contribution is -2.17. The SMILES string of the molecule is CNC(CCO)c1ccc(C(F)(F)F)cc1. The summed E-state index contributed by atoms with van der Waals surface area (Å²) in [5, 5.41) is 11.7. The lowest BCUT2D eigenvalue weighted by atomic mass is 10.0. The number of aliphatic hydroxyl groups excluding tert-OH is 1. The van der Waals surface area contributed by atoms with Gasteiger partial charge in [0.15, 0.2) is 0 Å². The maximum absolute atomic E-state index is 12.3. The molecule has 1 rings (SSSR count). The normalized spacial score (nSPS) is 13.8. The van der Waals surface area contributed by atoms with E-state index in [1.165, 1.54) is 12.1 Å². The van der Waals surface area contributed by atoms with E-state index in [9.17, 15) is 13.2 Å². The van der Waals surface area contributed by atoms with E-state index in [0.717, 1.165) is 17.7 Å². The monoisotopic (exact) mass is 233 g/mol. The molecule has 0 saturated carbocycles. The van der Waals surface area contributed by atoms with Crippen LogP contribution >= 0.6 is 0 Å². The molecule has 0 aliphatic carbocycles. The van der Waals surface area contributed by atoms with E-state index in [0.29, 0.717) is 6.42 Å². The van der Waals surface area contributed by atoms with E-state index in [4.69, 9.17) is 5.11 Å². The van der Waals surface area contributed by atoms with Crippen molar-refractivity contribution in [3.05, 3.63) is 35.4 Å². The smallest absolute Gasteiger partial charge is 0.396 e. The topological polar surface area (TPSA) is 32.3 Å². The highest BCUT2D eigenvalue weighted by molar-refractivity contribution is 5.26. The molecule has 16 heavy (non-hydrogen) atoms. The molecule has 0 aromatic heterocycles. The van der Waals surface area contributed by atoms with Gasteiger partial charge in [0.05, 0.1) is 5.56 Å². The van der Waals surface area contributed by atoms with Gasteiger partial charge in [0, 0.05) is 12.6 Å². The zero-order chi connectivity index (χ0) is 12.2. The first kappa shape index (κ1) is 13.0. The fourth-order valence-electron chi connectivity index (χ4n) is 1.51. The Bertz CT molecular complexity index is 321. The highest BCUT2D eigenvalue weighted by Crippen LogP contribution is 2.30. The van der Waals surface area contributed by atoms with Crippen LogP contribution in [0.25, 0.3) is 0 Å². The maximum atomic E-state index is 12.3. The van der Waals surface area contributed by atoms with Crippen LogP contribution in [0, 0.1) is 0 Å². The van der Waals surface area contributed by atoms with Gasteiger partial charge in [-0.05, 0) is 31.2 Å². The van der Waals surface area contributed by atoms with Crippen LogP contribution in [0.3, 0.4) is 0 Å². The van der Waals surface area contributed by atoms with Crippen LogP contribution in [0.4, 0.5) is 13.2 Å². The largest absolute Gasteiger partial charge is 0.416 e. The molecule has 5 heteroatoms. The van der Waals surface area contributed by atoms with Crippen molar-refractivity contribution in [2.75, 3.05) is 13.7 Å². The van der Waals surface area contributed by atoms with E-state index >= 15 is 0 Å². The van der Waals surface area contributed by atoms with Gasteiger partial charge in [0.25, 0.3) is 0 Å². The summed E-state index contributed by atoms with van der Waals surface area (Å²) >= 11 is 0. The van der Waals surface area contributed by atoms with Gasteiger partial charge >= 0.3 is 6.18 Å². The Morgan fingerprint density at radius 2 is 1.81 bits per heavy atom. The maximum Gasteiger partial charge on any atom is 0.416 e. The lowest BCUT2D eigenvalue weighted by molar-refractivity contribution is -0.137. The van der Waals surface area contributed by atoms with Crippen molar-refractivity contribution >= 4 is 0 Å². The van der Waals surface area contributed by atoms with E-state index in [-0.39, 0.29) is 12.6 Å². The summed E-state index contributed by atoms with van der Waals surface area (Å²) in [5.41, 5.74) is 0.0830. The number of rotatable bonds is 4. The molecule has 0 aliphatic rings. The van der Waals surface area contributed by atoms with Crippen molar-refractivity contribution in [1.82, 2.24) is 5.32 Å². The molecular formula is C11H14F3NO. The Labute approximate surface area is 92.1 Å². The van der Waals surface area contributed by atoms with Crippen LogP contribution in [0.2, 0.25) is 0 Å². The van der Waals surface area contributed by atoms with Gasteiger partial charge in [-0.15, -0.1) is 0 Å². The Morgan fingerprint density at radius 1 is 1.25 bits per heavy atom. The molecule has 0 aliphatic heterocycles. The van der Waals surface area contributed by atoms with Crippen LogP contribution in [0.1, 0.15) is 23.6 Å². The number of hydrogen-bond donors (Lipinski definition) is 2. The van der Waals surface area contributed by atoms with Gasteiger partial charge in [-0.1, -0.05) is 12.1 Å². The fraction of sp³-hybridized carbons (Fsp3) is 0.455. The van der Waals surface area contributed by atoms with Gasteiger partial charge in [0.2, 0.25) is 0 Å². The Kier molecular flexibility index (Phi) is 4.32. The number of nitrogens with one attached hydrogen (secondary N) is 1. The second-order valence-electron chi connectivity index (χ2n) is 3.47. The van der Waals surface area contributed by atoms with Gasteiger partial charge in [-0.2, -0.15) is 13.2 Å². The number of alkyl halides is 3. The summed E-state index contributed by atoms with van der Waals surface area (Å²) in [7, 11) is 1.71.